The maximum absolute atomic E-state index is 13.2. The van der Waals surface area contributed by atoms with Gasteiger partial charge >= 0.3 is 12.2 Å². The lowest BCUT2D eigenvalue weighted by atomic mass is 9.88. The van der Waals surface area contributed by atoms with Crippen LogP contribution < -0.4 is 11.1 Å². The van der Waals surface area contributed by atoms with Crippen molar-refractivity contribution in [2.24, 2.45) is 17.1 Å². The Bertz CT molecular complexity index is 935. The number of hydrogen-bond acceptors (Lipinski definition) is 4. The summed E-state index contributed by atoms with van der Waals surface area (Å²) in [5.74, 6) is -1.71. The average molecular weight is 475 g/mol. The third kappa shape index (κ3) is 4.80. The quantitative estimate of drug-likeness (QED) is 0.571. The molecule has 2 atom stereocenters. The first-order valence-electron chi connectivity index (χ1n) is 10.1. The maximum Gasteiger partial charge on any atom is 0.416 e. The molecule has 0 aliphatic carbocycles. The minimum absolute atomic E-state index is 0.104. The van der Waals surface area contributed by atoms with Gasteiger partial charge < -0.3 is 26.0 Å². The van der Waals surface area contributed by atoms with Crippen LogP contribution in [0.2, 0.25) is 0 Å². The summed E-state index contributed by atoms with van der Waals surface area (Å²) in [6.45, 7) is 4.48. The summed E-state index contributed by atoms with van der Waals surface area (Å²) in [5.41, 5.74) is 4.70. The summed E-state index contributed by atoms with van der Waals surface area (Å²) < 4.78 is 39.6. The number of aliphatic hydroxyl groups is 1. The molecule has 0 radical (unpaired) electrons. The van der Waals surface area contributed by atoms with E-state index in [4.69, 9.17) is 17.3 Å². The van der Waals surface area contributed by atoms with Gasteiger partial charge in [-0.2, -0.15) is 13.2 Å². The molecule has 2 aliphatic heterocycles. The summed E-state index contributed by atoms with van der Waals surface area (Å²) in [6, 6.07) is 3.66. The highest BCUT2D eigenvalue weighted by molar-refractivity contribution is 6.33. The number of halogens is 4. The predicted molar refractivity (Wildman–Crippen MR) is 113 cm³/mol. The van der Waals surface area contributed by atoms with Gasteiger partial charge in [0.25, 0.3) is 0 Å². The molecule has 1 fully saturated rings. The van der Waals surface area contributed by atoms with Gasteiger partial charge in [-0.15, -0.1) is 0 Å². The van der Waals surface area contributed by atoms with Crippen molar-refractivity contribution in [1.82, 2.24) is 15.1 Å². The van der Waals surface area contributed by atoms with Gasteiger partial charge in [0.2, 0.25) is 5.91 Å². The van der Waals surface area contributed by atoms with Crippen molar-refractivity contribution in [2.75, 3.05) is 32.8 Å². The van der Waals surface area contributed by atoms with Crippen molar-refractivity contribution in [1.29, 1.82) is 0 Å². The lowest BCUT2D eigenvalue weighted by Crippen LogP contribution is -2.58. The number of hydrogen-bond donors (Lipinski definition) is 3. The van der Waals surface area contributed by atoms with Gasteiger partial charge in [0.1, 0.15) is 5.16 Å². The molecule has 2 aliphatic rings. The SMILES string of the molecule is CC(C)(CO)CNC(=O)N1CCN2C(Cl)=C(c3cccc(C(F)(F)F)c3)C(C(N)=O)C2C1. The second kappa shape index (κ2) is 8.82. The first-order chi connectivity index (χ1) is 14.9. The van der Waals surface area contributed by atoms with Crippen molar-refractivity contribution in [3.05, 3.63) is 40.5 Å². The number of urea groups is 1. The van der Waals surface area contributed by atoms with Gasteiger partial charge in [0.05, 0.1) is 17.5 Å². The second-order valence-electron chi connectivity index (χ2n) is 8.85. The van der Waals surface area contributed by atoms with Crippen LogP contribution in [0.3, 0.4) is 0 Å². The lowest BCUT2D eigenvalue weighted by molar-refractivity contribution is -0.137. The molecular weight excluding hydrogens is 449 g/mol. The summed E-state index contributed by atoms with van der Waals surface area (Å²) in [5, 5.41) is 12.3. The summed E-state index contributed by atoms with van der Waals surface area (Å²) in [7, 11) is 0. The van der Waals surface area contributed by atoms with Crippen LogP contribution in [0, 0.1) is 11.3 Å². The molecule has 1 saturated heterocycles. The largest absolute Gasteiger partial charge is 0.416 e. The van der Waals surface area contributed by atoms with Gasteiger partial charge in [-0.05, 0) is 17.7 Å². The van der Waals surface area contributed by atoms with E-state index in [2.05, 4.69) is 5.32 Å². The van der Waals surface area contributed by atoms with Crippen LogP contribution in [0.25, 0.3) is 5.57 Å². The predicted octanol–water partition coefficient (Wildman–Crippen LogP) is 2.44. The highest BCUT2D eigenvalue weighted by Crippen LogP contribution is 2.44. The van der Waals surface area contributed by atoms with Gasteiger partial charge in [-0.25, -0.2) is 4.79 Å². The Labute approximate surface area is 189 Å². The maximum atomic E-state index is 13.2. The molecular formula is C21H26ClF3N4O3. The fourth-order valence-electron chi connectivity index (χ4n) is 3.98. The average Bonchev–Trinajstić information content (AvgIpc) is 3.03. The number of primary amides is 1. The standard InChI is InChI=1S/C21H26ClF3N4O3/c1-20(2,11-30)10-27-19(32)28-6-7-29-14(9-28)16(18(26)31)15(17(29)22)12-4-3-5-13(8-12)21(23,24)25/h3-5,8,14,16,30H,6-7,9-11H2,1-2H3,(H2,26,31)(H,27,32). The Morgan fingerprint density at radius 3 is 2.56 bits per heavy atom. The Hall–Kier alpha value is -2.46. The van der Waals surface area contributed by atoms with Gasteiger partial charge in [0.15, 0.2) is 0 Å². The number of aliphatic hydroxyl groups excluding tert-OH is 1. The number of alkyl halides is 3. The Balaban J connectivity index is 1.85. The minimum atomic E-state index is -4.55. The second-order valence-corrected chi connectivity index (χ2v) is 9.21. The molecule has 32 heavy (non-hydrogen) atoms. The smallest absolute Gasteiger partial charge is 0.396 e. The monoisotopic (exact) mass is 474 g/mol. The van der Waals surface area contributed by atoms with Crippen LogP contribution in [-0.2, 0) is 11.0 Å². The van der Waals surface area contributed by atoms with E-state index in [1.165, 1.54) is 17.0 Å². The Morgan fingerprint density at radius 1 is 1.28 bits per heavy atom. The zero-order valence-electron chi connectivity index (χ0n) is 17.7. The number of nitrogens with zero attached hydrogens (tertiary/aromatic N) is 2. The van der Waals surface area contributed by atoms with Gasteiger partial charge in [-0.3, -0.25) is 4.79 Å². The van der Waals surface area contributed by atoms with E-state index in [1.54, 1.807) is 18.7 Å². The van der Waals surface area contributed by atoms with E-state index in [0.29, 0.717) is 13.1 Å². The van der Waals surface area contributed by atoms with Crippen LogP contribution in [0.1, 0.15) is 25.0 Å². The highest BCUT2D eigenvalue weighted by Gasteiger charge is 2.47. The molecule has 3 amide bonds. The number of nitrogens with one attached hydrogen (secondary N) is 1. The van der Waals surface area contributed by atoms with Gasteiger partial charge in [0, 0.05) is 43.8 Å². The lowest BCUT2D eigenvalue weighted by Gasteiger charge is -2.40. The van der Waals surface area contributed by atoms with Crippen molar-refractivity contribution in [3.63, 3.8) is 0 Å². The molecule has 11 heteroatoms. The molecule has 4 N–H and O–H groups in total. The molecule has 0 aromatic heterocycles. The van der Waals surface area contributed by atoms with Crippen LogP contribution in [0.15, 0.2) is 29.4 Å². The first-order valence-corrected chi connectivity index (χ1v) is 10.5. The van der Waals surface area contributed by atoms with Crippen LogP contribution in [0.4, 0.5) is 18.0 Å². The number of rotatable bonds is 5. The molecule has 0 spiro atoms. The fraction of sp³-hybridized carbons (Fsp3) is 0.524. The molecule has 7 nitrogen and oxygen atoms in total. The van der Waals surface area contributed by atoms with E-state index in [-0.39, 0.29) is 42.0 Å². The number of nitrogens with two attached hydrogens (primary N) is 1. The molecule has 2 heterocycles. The number of benzene rings is 1. The van der Waals surface area contributed by atoms with Crippen LogP contribution in [0.5, 0.6) is 0 Å². The molecule has 0 bridgehead atoms. The molecule has 1 aromatic rings. The fourth-order valence-corrected chi connectivity index (χ4v) is 4.41. The van der Waals surface area contributed by atoms with Crippen molar-refractivity contribution >= 4 is 29.1 Å². The molecule has 1 aromatic carbocycles. The van der Waals surface area contributed by atoms with E-state index < -0.39 is 35.0 Å². The van der Waals surface area contributed by atoms with E-state index in [0.717, 1.165) is 12.1 Å². The minimum Gasteiger partial charge on any atom is -0.396 e. The zero-order chi connectivity index (χ0) is 23.8. The molecule has 176 valence electrons. The van der Waals surface area contributed by atoms with Crippen molar-refractivity contribution in [3.8, 4) is 0 Å². The van der Waals surface area contributed by atoms with E-state index in [9.17, 15) is 27.9 Å². The third-order valence-corrected chi connectivity index (χ3v) is 6.25. The summed E-state index contributed by atoms with van der Waals surface area (Å²) >= 11 is 6.53. The normalized spacial score (nSPS) is 21.6. The third-order valence-electron chi connectivity index (χ3n) is 5.83. The molecule has 0 saturated carbocycles. The number of fused-ring (bicyclic) bond motifs is 1. The Kier molecular flexibility index (Phi) is 6.67. The van der Waals surface area contributed by atoms with Crippen LogP contribution >= 0.6 is 11.6 Å². The van der Waals surface area contributed by atoms with Crippen molar-refractivity contribution < 1.29 is 27.9 Å². The van der Waals surface area contributed by atoms with E-state index in [1.807, 2.05) is 0 Å². The molecule has 2 unspecified atom stereocenters. The van der Waals surface area contributed by atoms with E-state index >= 15 is 0 Å². The topological polar surface area (TPSA) is 98.9 Å². The molecule has 3 rings (SSSR count). The zero-order valence-corrected chi connectivity index (χ0v) is 18.5. The number of carbonyl (C=O) groups is 2. The summed E-state index contributed by atoms with van der Waals surface area (Å²) in [6.07, 6.45) is -4.55. The van der Waals surface area contributed by atoms with Crippen molar-refractivity contribution in [2.45, 2.75) is 26.1 Å². The summed E-state index contributed by atoms with van der Waals surface area (Å²) in [4.78, 5) is 28.2. The highest BCUT2D eigenvalue weighted by atomic mass is 35.5. The van der Waals surface area contributed by atoms with Gasteiger partial charge in [-0.1, -0.05) is 37.6 Å². The Morgan fingerprint density at radius 2 is 1.97 bits per heavy atom. The van der Waals surface area contributed by atoms with Crippen LogP contribution in [-0.4, -0.2) is 65.7 Å². The first kappa shape index (κ1) is 24.2. The number of amides is 3. The number of carbonyl (C=O) groups excluding carboxylic acids is 2. The number of piperazine rings is 1.